The molecule has 0 aliphatic heterocycles. The molecule has 0 spiro atoms. The second kappa shape index (κ2) is 21.1. The summed E-state index contributed by atoms with van der Waals surface area (Å²) in [6.07, 6.45) is -6.84. The van der Waals surface area contributed by atoms with E-state index < -0.39 is 54.5 Å². The maximum absolute atomic E-state index is 9.90. The van der Waals surface area contributed by atoms with E-state index in [1.54, 1.807) is 0 Å². The van der Waals surface area contributed by atoms with Crippen LogP contribution in [0, 0.1) is 0 Å². The minimum Gasteiger partial charge on any atom is -0.542 e. The Morgan fingerprint density at radius 3 is 1.27 bits per heavy atom. The second-order valence-corrected chi connectivity index (χ2v) is 4.05. The summed E-state index contributed by atoms with van der Waals surface area (Å²) in [4.78, 5) is 47.3. The number of carbonyl (C=O) groups excluding carboxylic acids is 5. The van der Waals surface area contributed by atoms with Crippen LogP contribution in [0.5, 0.6) is 0 Å². The number of aliphatic carboxylic acids is 2. The number of hydrogen-bond donors (Lipinski definition) is 5. The predicted molar refractivity (Wildman–Crippen MR) is 68.6 cm³/mol. The summed E-state index contributed by atoms with van der Waals surface area (Å²) < 4.78 is 0. The molecule has 0 aromatic heterocycles. The molecular formula is C12H18Na2O12. The van der Waals surface area contributed by atoms with Gasteiger partial charge in [0.1, 0.15) is 36.4 Å². The van der Waals surface area contributed by atoms with Crippen molar-refractivity contribution in [1.82, 2.24) is 0 Å². The van der Waals surface area contributed by atoms with Crippen molar-refractivity contribution in [3.05, 3.63) is 0 Å². The topological polar surface area (TPSA) is 233 Å². The Labute approximate surface area is 192 Å². The first-order valence-corrected chi connectivity index (χ1v) is 6.05. The molecule has 0 heterocycles. The van der Waals surface area contributed by atoms with E-state index in [-0.39, 0.29) is 65.4 Å². The number of carboxylic acid groups (broad SMARTS) is 2. The molecule has 0 bridgehead atoms. The standard InChI is InChI=1S/C6H12O6.2C3H4O3.2Na/c7-1-3(9)5(11)6(12)4(10)2-8;2*1-2(4)3(5)6;;/h1,3-6,8-12H,2H2;2*1H3,(H,5,6);;/q;;;2*+1/p-2. The fraction of sp³-hybridized carbons (Fsp3) is 0.583. The first kappa shape index (κ1) is 36.6. The van der Waals surface area contributed by atoms with Crippen molar-refractivity contribution in [3.63, 3.8) is 0 Å². The normalized spacial score (nSPS) is 13.2. The minimum absolute atomic E-state index is 0. The quantitative estimate of drug-likeness (QED) is 0.152. The van der Waals surface area contributed by atoms with Crippen LogP contribution in [0.25, 0.3) is 0 Å². The second-order valence-electron chi connectivity index (χ2n) is 4.05. The van der Waals surface area contributed by atoms with E-state index in [0.29, 0.717) is 0 Å². The molecule has 12 nitrogen and oxygen atoms in total. The molecule has 0 rings (SSSR count). The number of carboxylic acids is 2. The van der Waals surface area contributed by atoms with Crippen LogP contribution in [0.15, 0.2) is 0 Å². The number of hydrogen-bond acceptors (Lipinski definition) is 12. The molecular weight excluding hydrogens is 382 g/mol. The molecule has 0 saturated heterocycles. The summed E-state index contributed by atoms with van der Waals surface area (Å²) in [6.45, 7) is 1.12. The molecule has 0 aromatic rings. The fourth-order valence-corrected chi connectivity index (χ4v) is 0.618. The SMILES string of the molecule is CC(=O)C(=O)[O-].CC(=O)C(=O)[O-].O=CC(O)C(O)C(O)C(O)CO.[Na+].[Na+]. The van der Waals surface area contributed by atoms with E-state index in [1.807, 2.05) is 0 Å². The number of aliphatic hydroxyl groups excluding tert-OH is 5. The van der Waals surface area contributed by atoms with Crippen molar-refractivity contribution < 1.29 is 119 Å². The van der Waals surface area contributed by atoms with Gasteiger partial charge in [-0.3, -0.25) is 9.59 Å². The number of Topliss-reactive ketones (excluding diaryl/α,β-unsaturated/α-hetero) is 2. The third-order valence-electron chi connectivity index (χ3n) is 2.00. The Hall–Kier alpha value is -0.250. The van der Waals surface area contributed by atoms with Gasteiger partial charge in [-0.25, -0.2) is 0 Å². The van der Waals surface area contributed by atoms with E-state index in [4.69, 9.17) is 25.5 Å². The van der Waals surface area contributed by atoms with E-state index in [9.17, 15) is 34.2 Å². The molecule has 0 amide bonds. The molecule has 0 aromatic carbocycles. The summed E-state index contributed by atoms with van der Waals surface area (Å²) in [6, 6.07) is 0. The van der Waals surface area contributed by atoms with Crippen molar-refractivity contribution >= 4 is 29.8 Å². The van der Waals surface area contributed by atoms with Gasteiger partial charge in [0.2, 0.25) is 0 Å². The van der Waals surface area contributed by atoms with Crippen molar-refractivity contribution in [1.29, 1.82) is 0 Å². The van der Waals surface area contributed by atoms with Gasteiger partial charge in [-0.15, -0.1) is 0 Å². The zero-order valence-electron chi connectivity index (χ0n) is 14.7. The number of aldehydes is 1. The summed E-state index contributed by atoms with van der Waals surface area (Å²) >= 11 is 0. The predicted octanol–water partition coefficient (Wildman–Crippen LogP) is -12.7. The third kappa shape index (κ3) is 21.8. The average Bonchev–Trinajstić information content (AvgIpc) is 2.52. The molecule has 26 heavy (non-hydrogen) atoms. The Balaban J connectivity index is -0.0000000900. The summed E-state index contributed by atoms with van der Waals surface area (Å²) in [5, 5.41) is 62.0. The number of carbonyl (C=O) groups is 5. The van der Waals surface area contributed by atoms with Crippen LogP contribution in [-0.4, -0.2) is 86.3 Å². The van der Waals surface area contributed by atoms with Crippen LogP contribution < -0.4 is 69.3 Å². The molecule has 140 valence electrons. The van der Waals surface area contributed by atoms with Gasteiger partial charge in [-0.1, -0.05) is 0 Å². The molecule has 0 radical (unpaired) electrons. The Kier molecular flexibility index (Phi) is 29.7. The molecule has 0 aliphatic rings. The molecule has 0 saturated carbocycles. The minimum atomic E-state index is -1.79. The Morgan fingerprint density at radius 2 is 1.12 bits per heavy atom. The Morgan fingerprint density at radius 1 is 0.846 bits per heavy atom. The fourth-order valence-electron chi connectivity index (χ4n) is 0.618. The Bertz CT molecular complexity index is 394. The van der Waals surface area contributed by atoms with Crippen molar-refractivity contribution in [2.45, 2.75) is 38.3 Å². The van der Waals surface area contributed by atoms with Gasteiger partial charge in [-0.2, -0.15) is 0 Å². The van der Waals surface area contributed by atoms with E-state index in [0.717, 1.165) is 13.8 Å². The van der Waals surface area contributed by atoms with Gasteiger partial charge in [-0.05, 0) is 0 Å². The van der Waals surface area contributed by atoms with Gasteiger partial charge >= 0.3 is 59.1 Å². The van der Waals surface area contributed by atoms with E-state index >= 15 is 0 Å². The van der Waals surface area contributed by atoms with Gasteiger partial charge in [0, 0.05) is 13.8 Å². The van der Waals surface area contributed by atoms with E-state index in [2.05, 4.69) is 0 Å². The molecule has 5 N–H and O–H groups in total. The van der Waals surface area contributed by atoms with Crippen molar-refractivity contribution in [3.8, 4) is 0 Å². The molecule has 4 atom stereocenters. The van der Waals surface area contributed by atoms with Crippen LogP contribution in [0.2, 0.25) is 0 Å². The first-order chi connectivity index (χ1) is 10.8. The number of aliphatic hydroxyl groups is 5. The van der Waals surface area contributed by atoms with Gasteiger partial charge in [0.25, 0.3) is 0 Å². The summed E-state index contributed by atoms with van der Waals surface area (Å²) in [5.74, 6) is -5.13. The average molecular weight is 400 g/mol. The number of ketones is 2. The maximum atomic E-state index is 9.90. The maximum Gasteiger partial charge on any atom is 1.00 e. The number of rotatable bonds is 7. The zero-order chi connectivity index (χ0) is 20.0. The molecule has 0 aliphatic carbocycles. The van der Waals surface area contributed by atoms with Crippen LogP contribution >= 0.6 is 0 Å². The van der Waals surface area contributed by atoms with Crippen molar-refractivity contribution in [2.24, 2.45) is 0 Å². The van der Waals surface area contributed by atoms with Crippen LogP contribution in [0.1, 0.15) is 13.8 Å². The van der Waals surface area contributed by atoms with Gasteiger partial charge in [0.15, 0.2) is 17.9 Å². The van der Waals surface area contributed by atoms with Crippen molar-refractivity contribution in [2.75, 3.05) is 6.61 Å². The molecule has 14 heteroatoms. The summed E-state index contributed by atoms with van der Waals surface area (Å²) in [5.41, 5.74) is 0. The monoisotopic (exact) mass is 400 g/mol. The van der Waals surface area contributed by atoms with Gasteiger partial charge in [0.05, 0.1) is 6.61 Å². The molecule has 0 fully saturated rings. The summed E-state index contributed by atoms with van der Waals surface area (Å²) in [7, 11) is 0. The zero-order valence-corrected chi connectivity index (χ0v) is 18.7. The van der Waals surface area contributed by atoms with E-state index in [1.165, 1.54) is 0 Å². The largest absolute Gasteiger partial charge is 1.00 e. The van der Waals surface area contributed by atoms with Crippen LogP contribution in [0.4, 0.5) is 0 Å². The van der Waals surface area contributed by atoms with Crippen LogP contribution in [-0.2, 0) is 24.0 Å². The third-order valence-corrected chi connectivity index (χ3v) is 2.00. The van der Waals surface area contributed by atoms with Gasteiger partial charge < -0.3 is 50.1 Å². The van der Waals surface area contributed by atoms with Crippen LogP contribution in [0.3, 0.4) is 0 Å². The smallest absolute Gasteiger partial charge is 0.542 e. The first-order valence-electron chi connectivity index (χ1n) is 6.05. The molecule has 4 unspecified atom stereocenters.